The highest BCUT2D eigenvalue weighted by atomic mass is 32.2. The minimum Gasteiger partial charge on any atom is -0.468 e. The maximum atomic E-state index is 11.6. The predicted octanol–water partition coefficient (Wildman–Crippen LogP) is 0.0103. The van der Waals surface area contributed by atoms with Gasteiger partial charge in [-0.15, -0.1) is 0 Å². The van der Waals surface area contributed by atoms with Crippen molar-refractivity contribution in [3.05, 3.63) is 0 Å². The second kappa shape index (κ2) is 7.03. The molecular formula is C12H21NO6S. The lowest BCUT2D eigenvalue weighted by Crippen LogP contribution is -2.41. The summed E-state index contributed by atoms with van der Waals surface area (Å²) in [5.41, 5.74) is 0. The zero-order chi connectivity index (χ0) is 15.3. The van der Waals surface area contributed by atoms with E-state index in [0.717, 1.165) is 12.7 Å². The summed E-state index contributed by atoms with van der Waals surface area (Å²) in [7, 11) is -0.825. The fourth-order valence-electron chi connectivity index (χ4n) is 2.43. The summed E-state index contributed by atoms with van der Waals surface area (Å²) in [4.78, 5) is 23.2. The molecule has 0 radical (unpaired) electrons. The van der Waals surface area contributed by atoms with Crippen LogP contribution in [-0.4, -0.2) is 58.2 Å². The molecule has 20 heavy (non-hydrogen) atoms. The van der Waals surface area contributed by atoms with Crippen LogP contribution in [0.2, 0.25) is 0 Å². The maximum Gasteiger partial charge on any atom is 0.320 e. The average Bonchev–Trinajstić information content (AvgIpc) is 2.42. The summed E-state index contributed by atoms with van der Waals surface area (Å²) >= 11 is 0. The first-order chi connectivity index (χ1) is 9.29. The van der Waals surface area contributed by atoms with Crippen molar-refractivity contribution in [2.45, 2.75) is 19.3 Å². The highest BCUT2D eigenvalue weighted by molar-refractivity contribution is 7.88. The number of hydrogen-bond acceptors (Lipinski definition) is 6. The van der Waals surface area contributed by atoms with Crippen LogP contribution in [0.4, 0.5) is 0 Å². The number of carbonyl (C=O) groups excluding carboxylic acids is 2. The molecule has 0 amide bonds. The quantitative estimate of drug-likeness (QED) is 0.525. The van der Waals surface area contributed by atoms with E-state index in [1.54, 1.807) is 0 Å². The van der Waals surface area contributed by atoms with Gasteiger partial charge in [0.25, 0.3) is 0 Å². The Labute approximate surface area is 119 Å². The fraction of sp³-hybridized carbons (Fsp3) is 0.833. The molecule has 0 N–H and O–H groups in total. The Morgan fingerprint density at radius 2 is 1.80 bits per heavy atom. The van der Waals surface area contributed by atoms with Gasteiger partial charge < -0.3 is 9.47 Å². The lowest BCUT2D eigenvalue weighted by molar-refractivity contribution is -0.159. The Kier molecular flexibility index (Phi) is 5.94. The number of nitrogens with zero attached hydrogens (tertiary/aromatic N) is 1. The van der Waals surface area contributed by atoms with Gasteiger partial charge in [-0.1, -0.05) is 0 Å². The molecule has 1 unspecified atom stereocenters. The smallest absolute Gasteiger partial charge is 0.320 e. The largest absolute Gasteiger partial charge is 0.468 e. The third kappa shape index (κ3) is 4.45. The molecular weight excluding hydrogens is 286 g/mol. The summed E-state index contributed by atoms with van der Waals surface area (Å²) < 4.78 is 33.7. The van der Waals surface area contributed by atoms with Crippen molar-refractivity contribution in [1.29, 1.82) is 0 Å². The predicted molar refractivity (Wildman–Crippen MR) is 71.3 cm³/mol. The van der Waals surface area contributed by atoms with E-state index in [4.69, 9.17) is 0 Å². The van der Waals surface area contributed by atoms with E-state index in [1.807, 2.05) is 0 Å². The van der Waals surface area contributed by atoms with Crippen molar-refractivity contribution in [2.24, 2.45) is 11.8 Å². The normalized spacial score (nSPS) is 20.7. The van der Waals surface area contributed by atoms with Crippen LogP contribution < -0.4 is 0 Å². The van der Waals surface area contributed by atoms with Gasteiger partial charge in [-0.2, -0.15) is 0 Å². The Morgan fingerprint density at radius 1 is 1.25 bits per heavy atom. The van der Waals surface area contributed by atoms with Crippen LogP contribution in [0.1, 0.15) is 19.3 Å². The van der Waals surface area contributed by atoms with Crippen LogP contribution >= 0.6 is 0 Å². The second-order valence-electron chi connectivity index (χ2n) is 4.96. The first kappa shape index (κ1) is 16.9. The molecule has 1 fully saturated rings. The van der Waals surface area contributed by atoms with Crippen molar-refractivity contribution in [1.82, 2.24) is 4.31 Å². The molecule has 0 aromatic rings. The summed E-state index contributed by atoms with van der Waals surface area (Å²) in [5, 5.41) is 0. The summed E-state index contributed by atoms with van der Waals surface area (Å²) in [5.74, 6) is -2.34. The van der Waals surface area contributed by atoms with Gasteiger partial charge in [-0.05, 0) is 25.2 Å². The molecule has 1 aliphatic rings. The van der Waals surface area contributed by atoms with Gasteiger partial charge in [0, 0.05) is 13.1 Å². The van der Waals surface area contributed by atoms with E-state index in [-0.39, 0.29) is 12.3 Å². The van der Waals surface area contributed by atoms with Gasteiger partial charge in [-0.3, -0.25) is 9.59 Å². The zero-order valence-corrected chi connectivity index (χ0v) is 12.8. The van der Waals surface area contributed by atoms with Crippen LogP contribution in [-0.2, 0) is 29.1 Å². The zero-order valence-electron chi connectivity index (χ0n) is 12.0. The minimum absolute atomic E-state index is 0.0540. The summed E-state index contributed by atoms with van der Waals surface area (Å²) in [6, 6.07) is 0. The molecule has 1 saturated heterocycles. The lowest BCUT2D eigenvalue weighted by Gasteiger charge is -2.31. The van der Waals surface area contributed by atoms with Crippen molar-refractivity contribution in [3.63, 3.8) is 0 Å². The van der Waals surface area contributed by atoms with Gasteiger partial charge in [0.2, 0.25) is 10.0 Å². The Morgan fingerprint density at radius 3 is 2.25 bits per heavy atom. The van der Waals surface area contributed by atoms with Gasteiger partial charge in [-0.25, -0.2) is 12.7 Å². The SMILES string of the molecule is COC(=O)C(CC1CCCN(S(C)(=O)=O)C1)C(=O)OC. The molecule has 7 nitrogen and oxygen atoms in total. The molecule has 0 saturated carbocycles. The molecule has 0 aromatic heterocycles. The summed E-state index contributed by atoms with van der Waals surface area (Å²) in [6.07, 6.45) is 2.89. The number of rotatable bonds is 5. The topological polar surface area (TPSA) is 90.0 Å². The van der Waals surface area contributed by atoms with Crippen molar-refractivity contribution < 1.29 is 27.5 Å². The van der Waals surface area contributed by atoms with Crippen molar-refractivity contribution in [2.75, 3.05) is 33.6 Å². The van der Waals surface area contributed by atoms with Gasteiger partial charge in [0.1, 0.15) is 0 Å². The molecule has 1 rings (SSSR count). The van der Waals surface area contributed by atoms with Crippen molar-refractivity contribution >= 4 is 22.0 Å². The molecule has 0 spiro atoms. The van der Waals surface area contributed by atoms with Crippen LogP contribution in [0.15, 0.2) is 0 Å². The van der Waals surface area contributed by atoms with E-state index >= 15 is 0 Å². The minimum atomic E-state index is -3.25. The number of ether oxygens (including phenoxy) is 2. The lowest BCUT2D eigenvalue weighted by atomic mass is 9.89. The Balaban J connectivity index is 2.73. The first-order valence-corrected chi connectivity index (χ1v) is 8.25. The number of piperidine rings is 1. The number of carbonyl (C=O) groups is 2. The number of sulfonamides is 1. The van der Waals surface area contributed by atoms with Crippen molar-refractivity contribution in [3.8, 4) is 0 Å². The molecule has 1 heterocycles. The third-order valence-corrected chi connectivity index (χ3v) is 4.76. The molecule has 8 heteroatoms. The van der Waals surface area contributed by atoms with E-state index in [9.17, 15) is 18.0 Å². The third-order valence-electron chi connectivity index (χ3n) is 3.49. The Hall–Kier alpha value is -1.15. The number of hydrogen-bond donors (Lipinski definition) is 0. The molecule has 0 aliphatic carbocycles. The van der Waals surface area contributed by atoms with E-state index in [0.29, 0.717) is 19.5 Å². The van der Waals surface area contributed by atoms with Crippen LogP contribution in [0.25, 0.3) is 0 Å². The fourth-order valence-corrected chi connectivity index (χ4v) is 3.37. The van der Waals surface area contributed by atoms with E-state index in [1.165, 1.54) is 18.5 Å². The van der Waals surface area contributed by atoms with Gasteiger partial charge >= 0.3 is 11.9 Å². The van der Waals surface area contributed by atoms with Gasteiger partial charge in [0.15, 0.2) is 5.92 Å². The Bertz CT molecular complexity index is 445. The average molecular weight is 307 g/mol. The van der Waals surface area contributed by atoms with Crippen LogP contribution in [0.5, 0.6) is 0 Å². The van der Waals surface area contributed by atoms with E-state index < -0.39 is 27.9 Å². The molecule has 0 aromatic carbocycles. The number of esters is 2. The second-order valence-corrected chi connectivity index (χ2v) is 6.95. The summed E-state index contributed by atoms with van der Waals surface area (Å²) in [6.45, 7) is 0.805. The standard InChI is InChI=1S/C12H21NO6S/c1-18-11(14)10(12(15)19-2)7-9-5-4-6-13(8-9)20(3,16)17/h9-10H,4-8H2,1-3H3. The monoisotopic (exact) mass is 307 g/mol. The van der Waals surface area contributed by atoms with Gasteiger partial charge in [0.05, 0.1) is 20.5 Å². The van der Waals surface area contributed by atoms with Crippen LogP contribution in [0.3, 0.4) is 0 Å². The first-order valence-electron chi connectivity index (χ1n) is 6.40. The maximum absolute atomic E-state index is 11.6. The molecule has 116 valence electrons. The van der Waals surface area contributed by atoms with Crippen LogP contribution in [0, 0.1) is 11.8 Å². The highest BCUT2D eigenvalue weighted by Crippen LogP contribution is 2.26. The molecule has 1 atom stereocenters. The van der Waals surface area contributed by atoms with E-state index in [2.05, 4.69) is 9.47 Å². The molecule has 0 bridgehead atoms. The highest BCUT2D eigenvalue weighted by Gasteiger charge is 2.34. The number of methoxy groups -OCH3 is 2. The molecule has 1 aliphatic heterocycles.